The molecular formula is C36H80N14O12. The van der Waals surface area contributed by atoms with Gasteiger partial charge in [0.15, 0.2) is 0 Å². The number of aliphatic hydroxyl groups excluding tert-OH is 3. The molecule has 0 radical (unpaired) electrons. The van der Waals surface area contributed by atoms with Crippen LogP contribution < -0.4 is 55.3 Å². The van der Waals surface area contributed by atoms with Gasteiger partial charge in [0.1, 0.15) is 26.4 Å². The average molecular weight is 901 g/mol. The van der Waals surface area contributed by atoms with Gasteiger partial charge >= 0.3 is 30.4 Å². The average Bonchev–Trinajstić information content (AvgIpc) is 4.15. The molecule has 26 nitrogen and oxygen atoms in total. The maximum Gasteiger partial charge on any atom is 0.409 e. The number of nitrogens with one attached hydrogen (secondary N) is 5. The zero-order valence-corrected chi connectivity index (χ0v) is 36.6. The van der Waals surface area contributed by atoms with Crippen LogP contribution in [0.5, 0.6) is 0 Å². The lowest BCUT2D eigenvalue weighted by atomic mass is 10.2. The number of urea groups is 1. The molecule has 5 aliphatic rings. The summed E-state index contributed by atoms with van der Waals surface area (Å²) in [6.07, 6.45) is 2.00. The van der Waals surface area contributed by atoms with Crippen molar-refractivity contribution in [3.8, 4) is 0 Å². The smallest absolute Gasteiger partial charge is 0.409 e. The highest BCUT2D eigenvalue weighted by molar-refractivity contribution is 5.76. The molecule has 0 saturated carbocycles. The monoisotopic (exact) mass is 901 g/mol. The highest BCUT2D eigenvalue weighted by atomic mass is 16.6. The number of hydrogen-bond donors (Lipinski definition) is 13. The Morgan fingerprint density at radius 1 is 0.452 bits per heavy atom. The Balaban J connectivity index is 0. The largest absolute Gasteiger partial charge is 0.448 e. The Bertz CT molecular complexity index is 1060. The molecule has 6 amide bonds. The van der Waals surface area contributed by atoms with E-state index in [4.69, 9.17) is 53.5 Å². The molecule has 0 bridgehead atoms. The van der Waals surface area contributed by atoms with Gasteiger partial charge in [0, 0.05) is 111 Å². The molecule has 18 N–H and O–H groups in total. The molecule has 0 aromatic heterocycles. The minimum Gasteiger partial charge on any atom is -0.448 e. The molecule has 26 heteroatoms. The fourth-order valence-electron chi connectivity index (χ4n) is 4.84. The molecule has 0 unspecified atom stereocenters. The zero-order valence-electron chi connectivity index (χ0n) is 36.6. The molecule has 5 rings (SSSR count). The predicted molar refractivity (Wildman–Crippen MR) is 232 cm³/mol. The number of unbranched alkanes of at least 4 members (excludes halogenated alkanes) is 2. The van der Waals surface area contributed by atoms with Gasteiger partial charge in [0.05, 0.1) is 39.4 Å². The van der Waals surface area contributed by atoms with E-state index in [1.54, 1.807) is 19.6 Å². The number of carbonyl (C=O) groups excluding carboxylic acids is 5. The van der Waals surface area contributed by atoms with Gasteiger partial charge in [0.25, 0.3) is 0 Å². The van der Waals surface area contributed by atoms with E-state index in [1.165, 1.54) is 0 Å². The standard InChI is InChI=1S/C8H13N3O3.C7H15N3O2.C6H17N3O.C5H10N2O2.C5H13NO.C3H5NO2.C2H7NO/c12-7-9-1-2-10(7)3-4-11-5-6-14-8(11)13;8-1-2-9-3-4-10-5-6-12-7(10)11;7-1-2-8-3-4-9-5-6-10;6-1-2-7-3-4-9-5(7)8;6-4-2-1-3-5-7;5-3-4-1-2-6-3;3-1-2-4/h1-6H2,(H,9,12);9H,1-6,8H2;8-10H,1-7H2;1-4,6H2;7H,1-6H2;1-2H2,(H,4,5);4H,1-3H2. The Morgan fingerprint density at radius 2 is 0.968 bits per heavy atom. The first kappa shape index (κ1) is 60.0. The Labute approximate surface area is 366 Å². The summed E-state index contributed by atoms with van der Waals surface area (Å²) < 4.78 is 18.6. The molecule has 5 saturated heterocycles. The van der Waals surface area contributed by atoms with E-state index >= 15 is 0 Å². The van der Waals surface area contributed by atoms with E-state index in [9.17, 15) is 24.0 Å². The summed E-state index contributed by atoms with van der Waals surface area (Å²) in [7, 11) is 0. The third-order valence-electron chi connectivity index (χ3n) is 8.08. The topological polar surface area (TPSA) is 386 Å². The fraction of sp³-hybridized carbons (Fsp3) is 0.861. The maximum atomic E-state index is 11.1. The summed E-state index contributed by atoms with van der Waals surface area (Å²) in [5, 5.41) is 38.8. The minimum atomic E-state index is -0.296. The number of hydrogen-bond acceptors (Lipinski definition) is 20. The molecule has 0 aromatic rings. The van der Waals surface area contributed by atoms with Gasteiger partial charge in [0.2, 0.25) is 0 Å². The van der Waals surface area contributed by atoms with Crippen molar-refractivity contribution in [1.29, 1.82) is 0 Å². The fourth-order valence-corrected chi connectivity index (χ4v) is 4.84. The molecule has 5 aliphatic heterocycles. The quantitative estimate of drug-likeness (QED) is 0.0356. The molecule has 366 valence electrons. The van der Waals surface area contributed by atoms with Crippen molar-refractivity contribution in [2.75, 3.05) is 184 Å². The van der Waals surface area contributed by atoms with Crippen molar-refractivity contribution in [1.82, 2.24) is 46.2 Å². The number of nitrogens with two attached hydrogens (primary N) is 5. The minimum absolute atomic E-state index is 0.0439. The van der Waals surface area contributed by atoms with Crippen molar-refractivity contribution in [3.63, 3.8) is 0 Å². The lowest BCUT2D eigenvalue weighted by Crippen LogP contribution is -2.37. The van der Waals surface area contributed by atoms with E-state index in [1.807, 2.05) is 0 Å². The molecule has 62 heavy (non-hydrogen) atoms. The highest BCUT2D eigenvalue weighted by Gasteiger charge is 2.25. The van der Waals surface area contributed by atoms with E-state index in [0.29, 0.717) is 125 Å². The van der Waals surface area contributed by atoms with E-state index in [2.05, 4.69) is 36.1 Å². The molecule has 5 fully saturated rings. The second-order valence-corrected chi connectivity index (χ2v) is 13.0. The summed E-state index contributed by atoms with van der Waals surface area (Å²) in [6, 6.07) is -0.0439. The van der Waals surface area contributed by atoms with Crippen molar-refractivity contribution in [2.24, 2.45) is 28.7 Å². The van der Waals surface area contributed by atoms with E-state index in [-0.39, 0.29) is 43.6 Å². The van der Waals surface area contributed by atoms with Crippen LogP contribution in [-0.4, -0.2) is 249 Å². The first-order valence-electron chi connectivity index (χ1n) is 21.2. The van der Waals surface area contributed by atoms with Gasteiger partial charge in [-0.2, -0.15) is 0 Å². The summed E-state index contributed by atoms with van der Waals surface area (Å²) >= 11 is 0. The van der Waals surface area contributed by atoms with Gasteiger partial charge in [-0.25, -0.2) is 24.0 Å². The maximum absolute atomic E-state index is 11.1. The van der Waals surface area contributed by atoms with Crippen molar-refractivity contribution in [3.05, 3.63) is 0 Å². The Kier molecular flexibility index (Phi) is 43.5. The second-order valence-electron chi connectivity index (χ2n) is 13.0. The van der Waals surface area contributed by atoms with Crippen LogP contribution >= 0.6 is 0 Å². The number of aliphatic hydroxyl groups is 3. The van der Waals surface area contributed by atoms with Gasteiger partial charge in [-0.3, -0.25) is 0 Å². The Hall–Kier alpha value is -4.09. The summed E-state index contributed by atoms with van der Waals surface area (Å²) in [5.41, 5.74) is 25.7. The SMILES string of the molecule is NCCCCCO.NCCN1CCOC1=O.NCCNCCN1CCOC1=O.NCCNCCNCCO.NCCO.O=C1NCCN1CCN1CCOC1=O.O=C1NCCO1. The third-order valence-corrected chi connectivity index (χ3v) is 8.08. The van der Waals surface area contributed by atoms with Crippen LogP contribution in [0.4, 0.5) is 24.0 Å². The number of rotatable bonds is 22. The van der Waals surface area contributed by atoms with Crippen LogP contribution in [0.15, 0.2) is 0 Å². The highest BCUT2D eigenvalue weighted by Crippen LogP contribution is 2.04. The zero-order chi connectivity index (χ0) is 46.5. The molecule has 0 spiro atoms. The van der Waals surface area contributed by atoms with Crippen LogP contribution in [0.25, 0.3) is 0 Å². The second kappa shape index (κ2) is 44.9. The molecule has 0 atom stereocenters. The lowest BCUT2D eigenvalue weighted by Gasteiger charge is -2.18. The van der Waals surface area contributed by atoms with E-state index in [0.717, 1.165) is 65.1 Å². The third kappa shape index (κ3) is 35.5. The van der Waals surface area contributed by atoms with Crippen LogP contribution in [-0.2, 0) is 18.9 Å². The lowest BCUT2D eigenvalue weighted by molar-refractivity contribution is 0.155. The molecule has 5 heterocycles. The number of ether oxygens (including phenoxy) is 4. The van der Waals surface area contributed by atoms with Gasteiger partial charge in [-0.05, 0) is 25.8 Å². The van der Waals surface area contributed by atoms with Crippen LogP contribution in [0.2, 0.25) is 0 Å². The molecule has 0 aliphatic carbocycles. The van der Waals surface area contributed by atoms with Crippen molar-refractivity contribution >= 4 is 30.4 Å². The summed E-state index contributed by atoms with van der Waals surface area (Å²) in [6.45, 7) is 17.1. The predicted octanol–water partition coefficient (Wildman–Crippen LogP) is -5.26. The molecular weight excluding hydrogens is 820 g/mol. The van der Waals surface area contributed by atoms with Crippen molar-refractivity contribution < 1.29 is 58.2 Å². The number of amides is 6. The first-order valence-corrected chi connectivity index (χ1v) is 21.2. The first-order chi connectivity index (χ1) is 30.1. The van der Waals surface area contributed by atoms with Crippen LogP contribution in [0.1, 0.15) is 19.3 Å². The Morgan fingerprint density at radius 3 is 1.34 bits per heavy atom. The summed E-state index contributed by atoms with van der Waals surface area (Å²) in [4.78, 5) is 60.2. The van der Waals surface area contributed by atoms with Crippen LogP contribution in [0, 0.1) is 0 Å². The molecule has 0 aromatic carbocycles. The summed E-state index contributed by atoms with van der Waals surface area (Å²) in [5.74, 6) is 0. The van der Waals surface area contributed by atoms with Gasteiger partial charge in [-0.15, -0.1) is 0 Å². The number of nitrogens with zero attached hydrogens (tertiary/aromatic N) is 4. The van der Waals surface area contributed by atoms with Crippen molar-refractivity contribution in [2.45, 2.75) is 19.3 Å². The number of cyclic esters (lactones) is 4. The normalized spacial score (nSPS) is 15.8. The van der Waals surface area contributed by atoms with Gasteiger partial charge in [-0.1, -0.05) is 0 Å². The number of carbonyl (C=O) groups is 5. The van der Waals surface area contributed by atoms with E-state index < -0.39 is 0 Å². The van der Waals surface area contributed by atoms with Crippen LogP contribution in [0.3, 0.4) is 0 Å². The van der Waals surface area contributed by atoms with Gasteiger partial charge < -0.3 is 109 Å². The number of alkyl carbamates (subject to hydrolysis) is 1.